The van der Waals surface area contributed by atoms with Crippen LogP contribution in [0.2, 0.25) is 0 Å². The lowest BCUT2D eigenvalue weighted by molar-refractivity contribution is 0.169. The molecule has 0 aliphatic heterocycles. The lowest BCUT2D eigenvalue weighted by Crippen LogP contribution is -2.45. The molecule has 1 aliphatic carbocycles. The van der Waals surface area contributed by atoms with Crippen molar-refractivity contribution < 1.29 is 18.7 Å². The summed E-state index contributed by atoms with van der Waals surface area (Å²) in [6, 6.07) is 2.96. The zero-order chi connectivity index (χ0) is 17.0. The van der Waals surface area contributed by atoms with Crippen LogP contribution in [0, 0.1) is 11.6 Å². The number of aliphatic hydroxyl groups excluding tert-OH is 1. The van der Waals surface area contributed by atoms with Crippen molar-refractivity contribution in [3.05, 3.63) is 35.4 Å². The van der Waals surface area contributed by atoms with Crippen LogP contribution >= 0.6 is 0 Å². The van der Waals surface area contributed by atoms with Gasteiger partial charge in [0, 0.05) is 24.7 Å². The first kappa shape index (κ1) is 17.6. The van der Waals surface area contributed by atoms with E-state index < -0.39 is 17.7 Å². The first-order chi connectivity index (χ1) is 11.0. The second-order valence-corrected chi connectivity index (χ2v) is 5.95. The van der Waals surface area contributed by atoms with Gasteiger partial charge in [-0.3, -0.25) is 0 Å². The largest absolute Gasteiger partial charge is 0.395 e. The predicted octanol–water partition coefficient (Wildman–Crippen LogP) is 1.73. The Labute approximate surface area is 134 Å². The molecule has 0 saturated heterocycles. The highest BCUT2D eigenvalue weighted by Crippen LogP contribution is 2.27. The molecule has 5 nitrogen and oxygen atoms in total. The van der Waals surface area contributed by atoms with E-state index >= 15 is 0 Å². The zero-order valence-corrected chi connectivity index (χ0v) is 13.4. The minimum atomic E-state index is -0.632. The molecule has 23 heavy (non-hydrogen) atoms. The van der Waals surface area contributed by atoms with Crippen molar-refractivity contribution in [3.63, 3.8) is 0 Å². The van der Waals surface area contributed by atoms with Gasteiger partial charge in [-0.25, -0.2) is 13.6 Å². The van der Waals surface area contributed by atoms with Crippen molar-refractivity contribution in [2.75, 3.05) is 33.8 Å². The van der Waals surface area contributed by atoms with E-state index in [9.17, 15) is 13.6 Å². The van der Waals surface area contributed by atoms with Gasteiger partial charge in [-0.2, -0.15) is 0 Å². The molecule has 0 spiro atoms. The van der Waals surface area contributed by atoms with E-state index in [4.69, 9.17) is 5.11 Å². The summed E-state index contributed by atoms with van der Waals surface area (Å²) in [4.78, 5) is 15.5. The van der Waals surface area contributed by atoms with Crippen molar-refractivity contribution in [1.82, 2.24) is 15.1 Å². The lowest BCUT2D eigenvalue weighted by atomic mass is 10.0. The van der Waals surface area contributed by atoms with Gasteiger partial charge in [0.05, 0.1) is 12.6 Å². The van der Waals surface area contributed by atoms with E-state index in [1.165, 1.54) is 18.2 Å². The van der Waals surface area contributed by atoms with Crippen LogP contribution in [-0.4, -0.2) is 60.8 Å². The van der Waals surface area contributed by atoms with Crippen molar-refractivity contribution >= 4 is 6.03 Å². The van der Waals surface area contributed by atoms with Gasteiger partial charge >= 0.3 is 6.03 Å². The molecular formula is C16H23F2N3O2. The van der Waals surface area contributed by atoms with E-state index in [1.807, 2.05) is 0 Å². The highest BCUT2D eigenvalue weighted by atomic mass is 19.1. The van der Waals surface area contributed by atoms with Crippen LogP contribution in [0.4, 0.5) is 13.6 Å². The Bertz CT molecular complexity index is 530. The molecule has 1 saturated carbocycles. The summed E-state index contributed by atoms with van der Waals surface area (Å²) in [7, 11) is 3.41. The predicted molar refractivity (Wildman–Crippen MR) is 83.0 cm³/mol. The van der Waals surface area contributed by atoms with Crippen molar-refractivity contribution in [1.29, 1.82) is 0 Å². The molecule has 1 atom stereocenters. The third-order valence-electron chi connectivity index (χ3n) is 3.99. The maximum absolute atomic E-state index is 14.0. The Morgan fingerprint density at radius 3 is 2.43 bits per heavy atom. The second-order valence-electron chi connectivity index (χ2n) is 5.95. The van der Waals surface area contributed by atoms with Crippen molar-refractivity contribution in [3.8, 4) is 0 Å². The van der Waals surface area contributed by atoms with Crippen LogP contribution in [-0.2, 0) is 0 Å². The summed E-state index contributed by atoms with van der Waals surface area (Å²) < 4.78 is 28.0. The Morgan fingerprint density at radius 2 is 1.96 bits per heavy atom. The summed E-state index contributed by atoms with van der Waals surface area (Å²) >= 11 is 0. The molecule has 1 unspecified atom stereocenters. The summed E-state index contributed by atoms with van der Waals surface area (Å²) in [5, 5.41) is 11.8. The normalized spacial score (nSPS) is 15.6. The zero-order valence-electron chi connectivity index (χ0n) is 13.4. The van der Waals surface area contributed by atoms with Crippen LogP contribution in [0.3, 0.4) is 0 Å². The highest BCUT2D eigenvalue weighted by Gasteiger charge is 2.32. The molecule has 1 aromatic rings. The maximum Gasteiger partial charge on any atom is 0.317 e. The molecule has 2 rings (SSSR count). The second kappa shape index (κ2) is 7.70. The first-order valence-electron chi connectivity index (χ1n) is 7.71. The fourth-order valence-electron chi connectivity index (χ4n) is 2.60. The number of carbonyl (C=O) groups excluding carboxylic acids is 1. The molecule has 1 aliphatic rings. The average Bonchev–Trinajstić information content (AvgIpc) is 3.31. The molecule has 2 amide bonds. The minimum Gasteiger partial charge on any atom is -0.395 e. The van der Waals surface area contributed by atoms with E-state index in [0.717, 1.165) is 12.8 Å². The van der Waals surface area contributed by atoms with E-state index in [1.54, 1.807) is 23.9 Å². The maximum atomic E-state index is 14.0. The molecule has 2 N–H and O–H groups in total. The number of hydrogen-bond acceptors (Lipinski definition) is 3. The molecule has 1 fully saturated rings. The average molecular weight is 327 g/mol. The Morgan fingerprint density at radius 1 is 1.35 bits per heavy atom. The standard InChI is InChI=1S/C16H23F2N3O2/c1-20(2)14(15-12(17)4-3-5-13(15)18)10-19-16(23)21(8-9-22)11-6-7-11/h3-5,11,14,22H,6-10H2,1-2H3,(H,19,23). The van der Waals surface area contributed by atoms with Crippen molar-refractivity contribution in [2.24, 2.45) is 0 Å². The molecular weight excluding hydrogens is 304 g/mol. The van der Waals surface area contributed by atoms with Gasteiger partial charge in [-0.15, -0.1) is 0 Å². The SMILES string of the molecule is CN(C)C(CNC(=O)N(CCO)C1CC1)c1c(F)cccc1F. The van der Waals surface area contributed by atoms with Gasteiger partial charge in [0.1, 0.15) is 11.6 Å². The molecule has 0 heterocycles. The fraction of sp³-hybridized carbons (Fsp3) is 0.562. The van der Waals surface area contributed by atoms with Crippen LogP contribution in [0.5, 0.6) is 0 Å². The quantitative estimate of drug-likeness (QED) is 0.802. The summed E-state index contributed by atoms with van der Waals surface area (Å²) in [5.74, 6) is -1.26. The summed E-state index contributed by atoms with van der Waals surface area (Å²) in [5.41, 5.74) is -0.0575. The van der Waals surface area contributed by atoms with Gasteiger partial charge < -0.3 is 20.2 Å². The number of aliphatic hydroxyl groups is 1. The third-order valence-corrected chi connectivity index (χ3v) is 3.99. The number of hydrogen-bond donors (Lipinski definition) is 2. The van der Waals surface area contributed by atoms with Crippen LogP contribution in [0.25, 0.3) is 0 Å². The smallest absolute Gasteiger partial charge is 0.317 e. The highest BCUT2D eigenvalue weighted by molar-refractivity contribution is 5.75. The van der Waals surface area contributed by atoms with E-state index in [-0.39, 0.29) is 37.3 Å². The van der Waals surface area contributed by atoms with Crippen molar-refractivity contribution in [2.45, 2.75) is 24.9 Å². The van der Waals surface area contributed by atoms with Crippen LogP contribution in [0.15, 0.2) is 18.2 Å². The number of halogens is 2. The number of likely N-dealkylation sites (N-methyl/N-ethyl adjacent to an activating group) is 1. The van der Waals surface area contributed by atoms with E-state index in [0.29, 0.717) is 0 Å². The first-order valence-corrected chi connectivity index (χ1v) is 7.71. The number of nitrogens with zero attached hydrogens (tertiary/aromatic N) is 2. The Balaban J connectivity index is 2.07. The van der Waals surface area contributed by atoms with E-state index in [2.05, 4.69) is 5.32 Å². The number of carbonyl (C=O) groups is 1. The van der Waals surface area contributed by atoms with Gasteiger partial charge in [0.25, 0.3) is 0 Å². The van der Waals surface area contributed by atoms with Gasteiger partial charge in [0.2, 0.25) is 0 Å². The van der Waals surface area contributed by atoms with Gasteiger partial charge in [-0.1, -0.05) is 6.07 Å². The molecule has 7 heteroatoms. The number of amides is 2. The molecule has 0 radical (unpaired) electrons. The summed E-state index contributed by atoms with van der Waals surface area (Å²) in [6.45, 7) is 0.235. The molecule has 1 aromatic carbocycles. The minimum absolute atomic E-state index is 0.0575. The van der Waals surface area contributed by atoms with Crippen LogP contribution < -0.4 is 5.32 Å². The number of benzene rings is 1. The monoisotopic (exact) mass is 327 g/mol. The molecule has 0 aromatic heterocycles. The number of urea groups is 1. The topological polar surface area (TPSA) is 55.8 Å². The van der Waals surface area contributed by atoms with Gasteiger partial charge in [-0.05, 0) is 39.1 Å². The lowest BCUT2D eigenvalue weighted by Gasteiger charge is -2.28. The molecule has 128 valence electrons. The van der Waals surface area contributed by atoms with Crippen LogP contribution in [0.1, 0.15) is 24.4 Å². The molecule has 0 bridgehead atoms. The fourth-order valence-corrected chi connectivity index (χ4v) is 2.60. The third kappa shape index (κ3) is 4.39. The van der Waals surface area contributed by atoms with Gasteiger partial charge in [0.15, 0.2) is 0 Å². The number of nitrogens with one attached hydrogen (secondary N) is 1. The Kier molecular flexibility index (Phi) is 5.90. The Hall–Kier alpha value is -1.73. The summed E-state index contributed by atoms with van der Waals surface area (Å²) in [6.07, 6.45) is 1.85. The number of rotatable bonds is 7.